The molecule has 0 radical (unpaired) electrons. The van der Waals surface area contributed by atoms with Crippen LogP contribution in [-0.4, -0.2) is 18.8 Å². The van der Waals surface area contributed by atoms with E-state index in [-0.39, 0.29) is 21.7 Å². The number of hydrogen-bond acceptors (Lipinski definition) is 5. The van der Waals surface area contributed by atoms with Gasteiger partial charge < -0.3 is 15.4 Å². The van der Waals surface area contributed by atoms with Gasteiger partial charge in [-0.05, 0) is 36.9 Å². The summed E-state index contributed by atoms with van der Waals surface area (Å²) in [5.74, 6) is -0.720. The van der Waals surface area contributed by atoms with Crippen LogP contribution >= 0.6 is 23.4 Å². The van der Waals surface area contributed by atoms with Gasteiger partial charge in [-0.3, -0.25) is 4.79 Å². The maximum atomic E-state index is 14.9. The number of ether oxygens (including phenoxy) is 1. The summed E-state index contributed by atoms with van der Waals surface area (Å²) < 4.78 is 20.3. The van der Waals surface area contributed by atoms with Crippen molar-refractivity contribution in [2.75, 3.05) is 18.2 Å². The SMILES string of the molecule is CCSC1=C(C#N)C(c2ccc(Cl)cc2F)C(C(=O)Nc2ccccc2OC)=C(C)N1. The number of halogens is 2. The Hall–Kier alpha value is -2.95. The lowest BCUT2D eigenvalue weighted by Crippen LogP contribution is -2.31. The van der Waals surface area contributed by atoms with Gasteiger partial charge in [-0.1, -0.05) is 36.7 Å². The molecule has 160 valence electrons. The molecule has 0 fully saturated rings. The van der Waals surface area contributed by atoms with Crippen molar-refractivity contribution < 1.29 is 13.9 Å². The number of allylic oxidation sites excluding steroid dienone is 2. The maximum Gasteiger partial charge on any atom is 0.254 e. The zero-order valence-electron chi connectivity index (χ0n) is 17.3. The molecule has 0 bridgehead atoms. The van der Waals surface area contributed by atoms with Crippen LogP contribution in [0, 0.1) is 17.1 Å². The topological polar surface area (TPSA) is 74.2 Å². The third-order valence-corrected chi connectivity index (χ3v) is 5.94. The molecule has 0 saturated carbocycles. The molecule has 31 heavy (non-hydrogen) atoms. The number of carbonyl (C=O) groups is 1. The Morgan fingerprint density at radius 3 is 2.74 bits per heavy atom. The highest BCUT2D eigenvalue weighted by Crippen LogP contribution is 2.42. The lowest BCUT2D eigenvalue weighted by molar-refractivity contribution is -0.113. The molecule has 2 aromatic rings. The highest BCUT2D eigenvalue weighted by molar-refractivity contribution is 8.03. The number of methoxy groups -OCH3 is 1. The molecule has 8 heteroatoms. The van der Waals surface area contributed by atoms with E-state index in [2.05, 4.69) is 16.7 Å². The number of para-hydroxylation sites is 2. The van der Waals surface area contributed by atoms with E-state index in [4.69, 9.17) is 16.3 Å². The van der Waals surface area contributed by atoms with E-state index < -0.39 is 17.6 Å². The fraction of sp³-hybridized carbons (Fsp3) is 0.217. The molecule has 1 heterocycles. The predicted octanol–water partition coefficient (Wildman–Crippen LogP) is 5.58. The van der Waals surface area contributed by atoms with Gasteiger partial charge in [0.05, 0.1) is 35.4 Å². The Morgan fingerprint density at radius 2 is 2.10 bits per heavy atom. The molecule has 2 aromatic carbocycles. The van der Waals surface area contributed by atoms with Crippen LogP contribution in [0.1, 0.15) is 25.3 Å². The molecule has 1 atom stereocenters. The molecule has 3 rings (SSSR count). The third-order valence-electron chi connectivity index (χ3n) is 4.81. The highest BCUT2D eigenvalue weighted by Gasteiger charge is 2.36. The van der Waals surface area contributed by atoms with Crippen molar-refractivity contribution in [1.29, 1.82) is 5.26 Å². The first-order valence-corrected chi connectivity index (χ1v) is 10.9. The number of nitriles is 1. The Kier molecular flexibility index (Phi) is 7.26. The van der Waals surface area contributed by atoms with Crippen LogP contribution < -0.4 is 15.4 Å². The summed E-state index contributed by atoms with van der Waals surface area (Å²) in [6.45, 7) is 3.69. The number of nitrogens with zero attached hydrogens (tertiary/aromatic N) is 1. The largest absolute Gasteiger partial charge is 0.495 e. The van der Waals surface area contributed by atoms with E-state index in [9.17, 15) is 14.4 Å². The Morgan fingerprint density at radius 1 is 1.35 bits per heavy atom. The van der Waals surface area contributed by atoms with E-state index in [1.54, 1.807) is 37.3 Å². The van der Waals surface area contributed by atoms with Gasteiger partial charge in [-0.15, -0.1) is 11.8 Å². The van der Waals surface area contributed by atoms with Gasteiger partial charge in [0.1, 0.15) is 11.6 Å². The molecule has 0 spiro atoms. The minimum absolute atomic E-state index is 0.209. The molecular formula is C23H21ClFN3O2S. The van der Waals surface area contributed by atoms with Gasteiger partial charge in [0, 0.05) is 21.9 Å². The maximum absolute atomic E-state index is 14.9. The summed E-state index contributed by atoms with van der Waals surface area (Å²) in [5.41, 5.74) is 1.76. The highest BCUT2D eigenvalue weighted by atomic mass is 35.5. The van der Waals surface area contributed by atoms with Gasteiger partial charge in [-0.25, -0.2) is 4.39 Å². The summed E-state index contributed by atoms with van der Waals surface area (Å²) >= 11 is 7.37. The number of rotatable bonds is 6. The normalized spacial score (nSPS) is 15.9. The molecule has 1 aliphatic rings. The summed E-state index contributed by atoms with van der Waals surface area (Å²) in [6.07, 6.45) is 0. The first kappa shape index (κ1) is 22.7. The van der Waals surface area contributed by atoms with Crippen LogP contribution in [0.2, 0.25) is 5.02 Å². The van der Waals surface area contributed by atoms with Crippen molar-refractivity contribution in [3.8, 4) is 11.8 Å². The van der Waals surface area contributed by atoms with Crippen LogP contribution in [0.5, 0.6) is 5.75 Å². The minimum atomic E-state index is -0.882. The number of nitrogens with one attached hydrogen (secondary N) is 2. The molecule has 1 amide bonds. The second-order valence-corrected chi connectivity index (χ2v) is 8.42. The standard InChI is InChI=1S/C23H21ClFN3O2S/c1-4-31-23-16(12-26)21(15-10-9-14(24)11-17(15)25)20(13(2)27-23)22(29)28-18-7-5-6-8-19(18)30-3/h5-11,21,27H,4H2,1-3H3,(H,28,29). The zero-order chi connectivity index (χ0) is 22.5. The van der Waals surface area contributed by atoms with Gasteiger partial charge in [0.25, 0.3) is 5.91 Å². The van der Waals surface area contributed by atoms with E-state index in [0.29, 0.717) is 27.9 Å². The van der Waals surface area contributed by atoms with Gasteiger partial charge in [0.15, 0.2) is 0 Å². The molecule has 2 N–H and O–H groups in total. The average Bonchev–Trinajstić information content (AvgIpc) is 2.74. The summed E-state index contributed by atoms with van der Waals surface area (Å²) in [6, 6.07) is 13.4. The molecular weight excluding hydrogens is 437 g/mol. The summed E-state index contributed by atoms with van der Waals surface area (Å²) in [7, 11) is 1.51. The van der Waals surface area contributed by atoms with E-state index in [1.807, 2.05) is 6.92 Å². The number of dihydropyridines is 1. The number of amides is 1. The molecule has 5 nitrogen and oxygen atoms in total. The lowest BCUT2D eigenvalue weighted by atomic mass is 9.82. The average molecular weight is 458 g/mol. The minimum Gasteiger partial charge on any atom is -0.495 e. The molecule has 0 saturated heterocycles. The van der Waals surface area contributed by atoms with Crippen molar-refractivity contribution in [2.45, 2.75) is 19.8 Å². The van der Waals surface area contributed by atoms with Crippen molar-refractivity contribution in [3.63, 3.8) is 0 Å². The fourth-order valence-electron chi connectivity index (χ4n) is 3.46. The molecule has 1 unspecified atom stereocenters. The zero-order valence-corrected chi connectivity index (χ0v) is 18.8. The van der Waals surface area contributed by atoms with Crippen molar-refractivity contribution in [2.24, 2.45) is 0 Å². The predicted molar refractivity (Wildman–Crippen MR) is 122 cm³/mol. The van der Waals surface area contributed by atoms with E-state index >= 15 is 0 Å². The number of anilines is 1. The Labute approximate surface area is 189 Å². The molecule has 0 aliphatic carbocycles. The summed E-state index contributed by atoms with van der Waals surface area (Å²) in [5, 5.41) is 16.8. The van der Waals surface area contributed by atoms with Gasteiger partial charge in [-0.2, -0.15) is 5.26 Å². The second-order valence-electron chi connectivity index (χ2n) is 6.70. The summed E-state index contributed by atoms with van der Waals surface area (Å²) in [4.78, 5) is 13.4. The Bertz CT molecular complexity index is 1120. The van der Waals surface area contributed by atoms with Crippen LogP contribution in [-0.2, 0) is 4.79 Å². The van der Waals surface area contributed by atoms with Crippen molar-refractivity contribution >= 4 is 35.0 Å². The van der Waals surface area contributed by atoms with E-state index in [0.717, 1.165) is 0 Å². The number of hydrogen-bond donors (Lipinski definition) is 2. The van der Waals surface area contributed by atoms with Crippen LogP contribution in [0.25, 0.3) is 0 Å². The molecule has 1 aliphatic heterocycles. The first-order chi connectivity index (χ1) is 14.9. The van der Waals surface area contributed by atoms with Crippen LogP contribution in [0.15, 0.2) is 64.3 Å². The number of carbonyl (C=O) groups excluding carboxylic acids is 1. The Balaban J connectivity index is 2.13. The van der Waals surface area contributed by atoms with Gasteiger partial charge in [0.2, 0.25) is 0 Å². The van der Waals surface area contributed by atoms with Crippen LogP contribution in [0.4, 0.5) is 10.1 Å². The molecule has 0 aromatic heterocycles. The second kappa shape index (κ2) is 9.90. The monoisotopic (exact) mass is 457 g/mol. The fourth-order valence-corrected chi connectivity index (χ4v) is 4.45. The quantitative estimate of drug-likeness (QED) is 0.592. The third kappa shape index (κ3) is 4.71. The first-order valence-electron chi connectivity index (χ1n) is 9.55. The number of thioether (sulfide) groups is 1. The van der Waals surface area contributed by atoms with E-state index in [1.165, 1.54) is 31.0 Å². The smallest absolute Gasteiger partial charge is 0.254 e. The van der Waals surface area contributed by atoms with Gasteiger partial charge >= 0.3 is 0 Å². The van der Waals surface area contributed by atoms with Crippen LogP contribution in [0.3, 0.4) is 0 Å². The van der Waals surface area contributed by atoms with Crippen molar-refractivity contribution in [1.82, 2.24) is 5.32 Å². The lowest BCUT2D eigenvalue weighted by Gasteiger charge is -2.30. The number of benzene rings is 2. The van der Waals surface area contributed by atoms with Crippen molar-refractivity contribution in [3.05, 3.63) is 80.7 Å².